The summed E-state index contributed by atoms with van der Waals surface area (Å²) in [5.41, 5.74) is 0.555. The van der Waals surface area contributed by atoms with Crippen LogP contribution in [-0.2, 0) is 6.18 Å². The fourth-order valence-corrected chi connectivity index (χ4v) is 1.92. The van der Waals surface area contributed by atoms with Crippen molar-refractivity contribution in [1.29, 1.82) is 0 Å². The average molecular weight is 353 g/mol. The lowest BCUT2D eigenvalue weighted by Gasteiger charge is -2.01. The summed E-state index contributed by atoms with van der Waals surface area (Å²) in [5, 5.41) is 0.520. The van der Waals surface area contributed by atoms with Gasteiger partial charge in [0.05, 0.1) is 0 Å². The van der Waals surface area contributed by atoms with E-state index < -0.39 is 11.9 Å². The SMILES string of the molecule is CCCCCCl.FC(F)(F)c1ccc(-c2ccc(Cl)cc2)o1. The summed E-state index contributed by atoms with van der Waals surface area (Å²) in [5.74, 6) is -0.00478. The predicted octanol–water partition coefficient (Wildman–Crippen LogP) is 7.03. The molecule has 2 aromatic rings. The number of rotatable bonds is 4. The summed E-state index contributed by atoms with van der Waals surface area (Å²) in [6, 6.07) is 8.57. The normalized spacial score (nSPS) is 11.0. The molecule has 1 nitrogen and oxygen atoms in total. The van der Waals surface area contributed by atoms with Gasteiger partial charge in [0, 0.05) is 16.5 Å². The molecule has 22 heavy (non-hydrogen) atoms. The Bertz CT molecular complexity index is 543. The average Bonchev–Trinajstić information content (AvgIpc) is 2.96. The van der Waals surface area contributed by atoms with E-state index in [0.717, 1.165) is 11.9 Å². The first kappa shape index (κ1) is 18.9. The summed E-state index contributed by atoms with van der Waals surface area (Å²) in [6.45, 7) is 2.17. The molecule has 1 heterocycles. The fraction of sp³-hybridized carbons (Fsp3) is 0.375. The standard InChI is InChI=1S/C11H6ClF3O.C5H11Cl/c12-8-3-1-7(2-4-8)9-5-6-10(16-9)11(13,14)15;1-2-3-4-5-6/h1-6H;2-5H2,1H3. The van der Waals surface area contributed by atoms with Crippen LogP contribution in [0, 0.1) is 0 Å². The van der Waals surface area contributed by atoms with Crippen molar-refractivity contribution >= 4 is 23.2 Å². The van der Waals surface area contributed by atoms with Gasteiger partial charge in [0.1, 0.15) is 5.76 Å². The molecule has 0 atom stereocenters. The van der Waals surface area contributed by atoms with Crippen molar-refractivity contribution in [3.8, 4) is 11.3 Å². The second kappa shape index (κ2) is 9.11. The molecule has 0 saturated carbocycles. The third-order valence-corrected chi connectivity index (χ3v) is 3.27. The Morgan fingerprint density at radius 1 is 1.00 bits per heavy atom. The molecule has 0 fully saturated rings. The van der Waals surface area contributed by atoms with Crippen LogP contribution in [0.2, 0.25) is 5.02 Å². The molecule has 122 valence electrons. The molecule has 0 spiro atoms. The number of halogens is 5. The zero-order valence-electron chi connectivity index (χ0n) is 12.1. The van der Waals surface area contributed by atoms with E-state index in [4.69, 9.17) is 27.6 Å². The smallest absolute Gasteiger partial charge is 0.449 e. The number of benzene rings is 1. The van der Waals surface area contributed by atoms with Gasteiger partial charge in [0.25, 0.3) is 0 Å². The number of hydrogen-bond acceptors (Lipinski definition) is 1. The molecule has 1 aromatic heterocycles. The van der Waals surface area contributed by atoms with Gasteiger partial charge in [-0.2, -0.15) is 13.2 Å². The molecule has 0 saturated heterocycles. The maximum Gasteiger partial charge on any atom is 0.449 e. The molecule has 0 aliphatic carbocycles. The van der Waals surface area contributed by atoms with Crippen molar-refractivity contribution in [1.82, 2.24) is 0 Å². The maximum absolute atomic E-state index is 12.3. The van der Waals surface area contributed by atoms with Crippen LogP contribution < -0.4 is 0 Å². The van der Waals surface area contributed by atoms with E-state index in [9.17, 15) is 13.2 Å². The molecule has 2 rings (SSSR count). The molecule has 0 amide bonds. The molecule has 6 heteroatoms. The van der Waals surface area contributed by atoms with Gasteiger partial charge < -0.3 is 4.42 Å². The minimum Gasteiger partial charge on any atom is -0.452 e. The topological polar surface area (TPSA) is 13.1 Å². The lowest BCUT2D eigenvalue weighted by molar-refractivity contribution is -0.152. The third-order valence-electron chi connectivity index (χ3n) is 2.75. The summed E-state index contributed by atoms with van der Waals surface area (Å²) >= 11 is 11.0. The number of furan rings is 1. The molecule has 1 aromatic carbocycles. The highest BCUT2D eigenvalue weighted by Crippen LogP contribution is 2.33. The molecular formula is C16H17Cl2F3O. The molecule has 0 bridgehead atoms. The van der Waals surface area contributed by atoms with Crippen LogP contribution in [0.4, 0.5) is 13.2 Å². The van der Waals surface area contributed by atoms with Crippen molar-refractivity contribution in [3.63, 3.8) is 0 Å². The van der Waals surface area contributed by atoms with E-state index in [2.05, 4.69) is 6.92 Å². The molecular weight excluding hydrogens is 336 g/mol. The Kier molecular flexibility index (Phi) is 7.83. The zero-order valence-corrected chi connectivity index (χ0v) is 13.6. The Hall–Kier alpha value is -1.13. The van der Waals surface area contributed by atoms with Gasteiger partial charge in [-0.05, 0) is 42.8 Å². The van der Waals surface area contributed by atoms with Crippen molar-refractivity contribution in [3.05, 3.63) is 47.2 Å². The summed E-state index contributed by atoms with van der Waals surface area (Å²) in [7, 11) is 0. The monoisotopic (exact) mass is 352 g/mol. The maximum atomic E-state index is 12.3. The zero-order chi connectivity index (χ0) is 16.6. The van der Waals surface area contributed by atoms with Gasteiger partial charge in [-0.1, -0.05) is 31.4 Å². The summed E-state index contributed by atoms with van der Waals surface area (Å²) in [6.07, 6.45) is -0.723. The van der Waals surface area contributed by atoms with E-state index >= 15 is 0 Å². The molecule has 0 radical (unpaired) electrons. The van der Waals surface area contributed by atoms with Gasteiger partial charge >= 0.3 is 6.18 Å². The van der Waals surface area contributed by atoms with E-state index in [1.54, 1.807) is 24.3 Å². The van der Waals surface area contributed by atoms with E-state index in [0.29, 0.717) is 10.6 Å². The summed E-state index contributed by atoms with van der Waals surface area (Å²) in [4.78, 5) is 0. The Balaban J connectivity index is 0.000000346. The largest absolute Gasteiger partial charge is 0.452 e. The molecule has 0 aliphatic rings. The highest BCUT2D eigenvalue weighted by Gasteiger charge is 2.34. The number of alkyl halides is 4. The van der Waals surface area contributed by atoms with Crippen molar-refractivity contribution in [2.24, 2.45) is 0 Å². The van der Waals surface area contributed by atoms with Crippen LogP contribution in [0.5, 0.6) is 0 Å². The van der Waals surface area contributed by atoms with Gasteiger partial charge in [0.2, 0.25) is 5.76 Å². The highest BCUT2D eigenvalue weighted by molar-refractivity contribution is 6.30. The third kappa shape index (κ3) is 6.32. The van der Waals surface area contributed by atoms with Gasteiger partial charge in [-0.3, -0.25) is 0 Å². The Labute approximate surface area is 138 Å². The Morgan fingerprint density at radius 2 is 1.64 bits per heavy atom. The van der Waals surface area contributed by atoms with Gasteiger partial charge in [0.15, 0.2) is 0 Å². The number of hydrogen-bond donors (Lipinski definition) is 0. The second-order valence-corrected chi connectivity index (χ2v) is 5.38. The van der Waals surface area contributed by atoms with E-state index in [1.165, 1.54) is 25.3 Å². The molecule has 0 unspecified atom stereocenters. The summed E-state index contributed by atoms with van der Waals surface area (Å²) < 4.78 is 41.5. The van der Waals surface area contributed by atoms with Crippen molar-refractivity contribution in [2.75, 3.05) is 5.88 Å². The molecule has 0 N–H and O–H groups in total. The van der Waals surface area contributed by atoms with Gasteiger partial charge in [-0.25, -0.2) is 0 Å². The second-order valence-electron chi connectivity index (χ2n) is 4.56. The van der Waals surface area contributed by atoms with Crippen molar-refractivity contribution < 1.29 is 17.6 Å². The van der Waals surface area contributed by atoms with Crippen LogP contribution in [0.1, 0.15) is 31.9 Å². The predicted molar refractivity (Wildman–Crippen MR) is 84.4 cm³/mol. The first-order valence-electron chi connectivity index (χ1n) is 6.87. The Morgan fingerprint density at radius 3 is 2.05 bits per heavy atom. The first-order chi connectivity index (χ1) is 10.4. The lowest BCUT2D eigenvalue weighted by Crippen LogP contribution is -2.01. The van der Waals surface area contributed by atoms with Gasteiger partial charge in [-0.15, -0.1) is 11.6 Å². The minimum absolute atomic E-state index is 0.170. The highest BCUT2D eigenvalue weighted by atomic mass is 35.5. The first-order valence-corrected chi connectivity index (χ1v) is 7.78. The van der Waals surface area contributed by atoms with Crippen LogP contribution in [0.25, 0.3) is 11.3 Å². The van der Waals surface area contributed by atoms with E-state index in [-0.39, 0.29) is 5.76 Å². The van der Waals surface area contributed by atoms with E-state index in [1.807, 2.05) is 0 Å². The van der Waals surface area contributed by atoms with Crippen molar-refractivity contribution in [2.45, 2.75) is 32.4 Å². The molecule has 0 aliphatic heterocycles. The fourth-order valence-electron chi connectivity index (χ4n) is 1.60. The van der Waals surface area contributed by atoms with Crippen LogP contribution in [-0.4, -0.2) is 5.88 Å². The minimum atomic E-state index is -4.45. The van der Waals surface area contributed by atoms with Crippen LogP contribution >= 0.6 is 23.2 Å². The quantitative estimate of drug-likeness (QED) is 0.425. The van der Waals surface area contributed by atoms with Crippen LogP contribution in [0.15, 0.2) is 40.8 Å². The van der Waals surface area contributed by atoms with Crippen LogP contribution in [0.3, 0.4) is 0 Å². The lowest BCUT2D eigenvalue weighted by atomic mass is 10.2. The number of unbranched alkanes of at least 4 members (excludes halogenated alkanes) is 2.